The van der Waals surface area contributed by atoms with E-state index in [0.29, 0.717) is 5.78 Å². The molecule has 0 saturated carbocycles. The summed E-state index contributed by atoms with van der Waals surface area (Å²) in [5.74, 6) is 1.55. The number of anilines is 2. The molecule has 0 aliphatic rings. The van der Waals surface area contributed by atoms with E-state index in [4.69, 9.17) is 11.6 Å². The summed E-state index contributed by atoms with van der Waals surface area (Å²) in [5, 5.41) is 8.33. The molecule has 0 amide bonds. The Hall–Kier alpha value is -2.37. The van der Waals surface area contributed by atoms with E-state index in [1.807, 2.05) is 47.2 Å². The van der Waals surface area contributed by atoms with Crippen LogP contribution in [0.2, 0.25) is 5.02 Å². The lowest BCUT2D eigenvalue weighted by Crippen LogP contribution is -1.99. The van der Waals surface area contributed by atoms with Gasteiger partial charge in [0.1, 0.15) is 11.5 Å². The van der Waals surface area contributed by atoms with Crippen molar-refractivity contribution in [1.29, 1.82) is 0 Å². The molecule has 6 heteroatoms. The minimum atomic E-state index is 0.663. The molecule has 0 spiro atoms. The Kier molecular flexibility index (Phi) is 3.52. The van der Waals surface area contributed by atoms with Crippen LogP contribution in [-0.4, -0.2) is 14.4 Å². The number of benzene rings is 1. The van der Waals surface area contributed by atoms with E-state index in [1.165, 1.54) is 0 Å². The molecule has 1 aromatic carbocycles. The van der Waals surface area contributed by atoms with Gasteiger partial charge in [0.15, 0.2) is 0 Å². The number of hydrogen-bond donors (Lipinski definition) is 1. The lowest BCUT2D eigenvalue weighted by atomic mass is 10.2. The summed E-state index contributed by atoms with van der Waals surface area (Å²) in [4.78, 5) is 9.01. The molecular formula is C17H13ClN4S. The molecule has 0 aliphatic carbocycles. The van der Waals surface area contributed by atoms with Gasteiger partial charge in [-0.3, -0.25) is 4.40 Å². The fraction of sp³-hybridized carbons (Fsp3) is 0.0588. The van der Waals surface area contributed by atoms with Gasteiger partial charge in [-0.05, 0) is 42.1 Å². The van der Waals surface area contributed by atoms with Crippen molar-refractivity contribution < 1.29 is 0 Å². The SMILES string of the molecule is Cc1c(Cl)cccc1Nc1c(-c2ccsc2)nc2ncccn12. The molecular weight excluding hydrogens is 328 g/mol. The van der Waals surface area contributed by atoms with Crippen LogP contribution < -0.4 is 5.32 Å². The second-order valence-corrected chi connectivity index (χ2v) is 6.34. The molecule has 0 saturated heterocycles. The van der Waals surface area contributed by atoms with Gasteiger partial charge in [-0.2, -0.15) is 11.3 Å². The zero-order valence-corrected chi connectivity index (χ0v) is 13.9. The van der Waals surface area contributed by atoms with E-state index >= 15 is 0 Å². The Morgan fingerprint density at radius 1 is 1.22 bits per heavy atom. The van der Waals surface area contributed by atoms with Crippen molar-refractivity contribution in [3.63, 3.8) is 0 Å². The van der Waals surface area contributed by atoms with E-state index in [-0.39, 0.29) is 0 Å². The molecule has 0 fully saturated rings. The zero-order chi connectivity index (χ0) is 15.8. The van der Waals surface area contributed by atoms with Crippen LogP contribution in [0.1, 0.15) is 5.56 Å². The molecule has 0 radical (unpaired) electrons. The number of nitrogens with zero attached hydrogens (tertiary/aromatic N) is 3. The van der Waals surface area contributed by atoms with Crippen LogP contribution in [-0.2, 0) is 0 Å². The normalized spacial score (nSPS) is 11.0. The summed E-state index contributed by atoms with van der Waals surface area (Å²) in [6, 6.07) is 9.78. The quantitative estimate of drug-likeness (QED) is 0.560. The molecule has 3 heterocycles. The monoisotopic (exact) mass is 340 g/mol. The molecule has 4 rings (SSSR count). The summed E-state index contributed by atoms with van der Waals surface area (Å²) in [6.07, 6.45) is 3.70. The first-order chi connectivity index (χ1) is 11.2. The highest BCUT2D eigenvalue weighted by Gasteiger charge is 2.16. The maximum absolute atomic E-state index is 6.24. The molecule has 0 atom stereocenters. The standard InChI is InChI=1S/C17H13ClN4S/c1-11-13(18)4-2-5-14(11)20-16-15(12-6-9-23-10-12)21-17-19-7-3-8-22(16)17/h2-10,20H,1H3. The van der Waals surface area contributed by atoms with E-state index in [1.54, 1.807) is 17.5 Å². The molecule has 1 N–H and O–H groups in total. The predicted molar refractivity (Wildman–Crippen MR) is 95.8 cm³/mol. The number of nitrogens with one attached hydrogen (secondary N) is 1. The molecule has 4 aromatic rings. The number of halogens is 1. The van der Waals surface area contributed by atoms with E-state index < -0.39 is 0 Å². The van der Waals surface area contributed by atoms with E-state index in [0.717, 1.165) is 33.3 Å². The van der Waals surface area contributed by atoms with Gasteiger partial charge >= 0.3 is 0 Å². The first-order valence-corrected chi connectivity index (χ1v) is 8.44. The number of aromatic nitrogens is 3. The minimum absolute atomic E-state index is 0.663. The van der Waals surface area contributed by atoms with Gasteiger partial charge in [-0.25, -0.2) is 9.97 Å². The Labute approximate surface area is 142 Å². The van der Waals surface area contributed by atoms with Crippen molar-refractivity contribution in [3.8, 4) is 11.3 Å². The zero-order valence-electron chi connectivity index (χ0n) is 12.3. The molecule has 4 nitrogen and oxygen atoms in total. The molecule has 0 unspecified atom stereocenters. The van der Waals surface area contributed by atoms with E-state index in [9.17, 15) is 0 Å². The van der Waals surface area contributed by atoms with Crippen molar-refractivity contribution >= 4 is 40.2 Å². The lowest BCUT2D eigenvalue weighted by Gasteiger charge is -2.11. The predicted octanol–water partition coefficient (Wildman–Crippen LogP) is 5.16. The topological polar surface area (TPSA) is 42.2 Å². The third-order valence-corrected chi connectivity index (χ3v) is 4.81. The van der Waals surface area contributed by atoms with Crippen molar-refractivity contribution in [2.24, 2.45) is 0 Å². The van der Waals surface area contributed by atoms with Gasteiger partial charge < -0.3 is 5.32 Å². The molecule has 3 aromatic heterocycles. The number of hydrogen-bond acceptors (Lipinski definition) is 4. The highest BCUT2D eigenvalue weighted by molar-refractivity contribution is 7.08. The summed E-state index contributed by atoms with van der Waals surface area (Å²) in [5.41, 5.74) is 3.91. The van der Waals surface area contributed by atoms with Crippen molar-refractivity contribution in [2.45, 2.75) is 6.92 Å². The minimum Gasteiger partial charge on any atom is -0.339 e. The maximum Gasteiger partial charge on any atom is 0.235 e. The molecule has 23 heavy (non-hydrogen) atoms. The smallest absolute Gasteiger partial charge is 0.235 e. The number of rotatable bonds is 3. The van der Waals surface area contributed by atoms with Crippen LogP contribution in [0.4, 0.5) is 11.5 Å². The first-order valence-electron chi connectivity index (χ1n) is 7.12. The molecule has 0 aliphatic heterocycles. The molecule has 114 valence electrons. The summed E-state index contributed by atoms with van der Waals surface area (Å²) < 4.78 is 1.95. The van der Waals surface area contributed by atoms with E-state index in [2.05, 4.69) is 26.7 Å². The van der Waals surface area contributed by atoms with Crippen LogP contribution in [0.15, 0.2) is 53.5 Å². The fourth-order valence-corrected chi connectivity index (χ4v) is 3.29. The molecule has 0 bridgehead atoms. The number of imidazole rings is 1. The van der Waals surface area contributed by atoms with Gasteiger partial charge in [0.25, 0.3) is 0 Å². The van der Waals surface area contributed by atoms with Crippen LogP contribution in [0.5, 0.6) is 0 Å². The van der Waals surface area contributed by atoms with Crippen LogP contribution in [0, 0.1) is 6.92 Å². The lowest BCUT2D eigenvalue weighted by molar-refractivity contribution is 1.11. The van der Waals surface area contributed by atoms with Crippen LogP contribution in [0.25, 0.3) is 17.0 Å². The van der Waals surface area contributed by atoms with Crippen LogP contribution in [0.3, 0.4) is 0 Å². The van der Waals surface area contributed by atoms with Crippen molar-refractivity contribution in [1.82, 2.24) is 14.4 Å². The van der Waals surface area contributed by atoms with Gasteiger partial charge in [0.2, 0.25) is 5.78 Å². The van der Waals surface area contributed by atoms with Gasteiger partial charge in [0, 0.05) is 34.0 Å². The highest BCUT2D eigenvalue weighted by atomic mass is 35.5. The Balaban J connectivity index is 1.91. The van der Waals surface area contributed by atoms with Crippen molar-refractivity contribution in [2.75, 3.05) is 5.32 Å². The van der Waals surface area contributed by atoms with Gasteiger partial charge in [-0.1, -0.05) is 17.7 Å². The average molecular weight is 341 g/mol. The second-order valence-electron chi connectivity index (χ2n) is 5.15. The second kappa shape index (κ2) is 5.68. The average Bonchev–Trinajstić information content (AvgIpc) is 3.20. The largest absolute Gasteiger partial charge is 0.339 e. The number of fused-ring (bicyclic) bond motifs is 1. The summed E-state index contributed by atoms with van der Waals surface area (Å²) >= 11 is 7.88. The van der Waals surface area contributed by atoms with Gasteiger partial charge in [-0.15, -0.1) is 0 Å². The highest BCUT2D eigenvalue weighted by Crippen LogP contribution is 2.33. The summed E-state index contributed by atoms with van der Waals surface area (Å²) in [7, 11) is 0. The Bertz CT molecular complexity index is 976. The Morgan fingerprint density at radius 2 is 2.13 bits per heavy atom. The third kappa shape index (κ3) is 2.48. The van der Waals surface area contributed by atoms with Crippen LogP contribution >= 0.6 is 22.9 Å². The number of thiophene rings is 1. The van der Waals surface area contributed by atoms with Crippen molar-refractivity contribution in [3.05, 3.63) is 64.1 Å². The summed E-state index contributed by atoms with van der Waals surface area (Å²) in [6.45, 7) is 2.00. The first kappa shape index (κ1) is 14.2. The fourth-order valence-electron chi connectivity index (χ4n) is 2.48. The third-order valence-electron chi connectivity index (χ3n) is 3.72. The van der Waals surface area contributed by atoms with Gasteiger partial charge in [0.05, 0.1) is 0 Å². The maximum atomic E-state index is 6.24. The Morgan fingerprint density at radius 3 is 2.96 bits per heavy atom.